The number of carbonyl (C=O) groups is 1. The first kappa shape index (κ1) is 12.2. The smallest absolute Gasteiger partial charge is 0.246 e. The van der Waals surface area contributed by atoms with Crippen LogP contribution >= 0.6 is 0 Å². The SMILES string of the molecule is C=CC(=O)N1CCOC(C(C)(C)C)CC1. The topological polar surface area (TPSA) is 29.5 Å². The molecule has 0 spiro atoms. The third-order valence-electron chi connectivity index (χ3n) is 2.79. The average molecular weight is 211 g/mol. The van der Waals surface area contributed by atoms with Gasteiger partial charge in [-0.15, -0.1) is 0 Å². The third kappa shape index (κ3) is 3.34. The van der Waals surface area contributed by atoms with Crippen molar-refractivity contribution in [2.24, 2.45) is 5.41 Å². The summed E-state index contributed by atoms with van der Waals surface area (Å²) >= 11 is 0. The molecule has 1 fully saturated rings. The minimum absolute atomic E-state index is 0.00755. The van der Waals surface area contributed by atoms with Crippen LogP contribution in [0.3, 0.4) is 0 Å². The lowest BCUT2D eigenvalue weighted by atomic mass is 9.87. The van der Waals surface area contributed by atoms with Crippen molar-refractivity contribution < 1.29 is 9.53 Å². The monoisotopic (exact) mass is 211 g/mol. The van der Waals surface area contributed by atoms with Crippen LogP contribution in [-0.4, -0.2) is 36.6 Å². The van der Waals surface area contributed by atoms with Crippen molar-refractivity contribution in [2.75, 3.05) is 19.7 Å². The lowest BCUT2D eigenvalue weighted by Crippen LogP contribution is -2.32. The summed E-state index contributed by atoms with van der Waals surface area (Å²) in [5, 5.41) is 0. The molecule has 0 aliphatic carbocycles. The Kier molecular flexibility index (Phi) is 3.91. The van der Waals surface area contributed by atoms with Crippen LogP contribution in [0.5, 0.6) is 0 Å². The molecule has 1 rings (SSSR count). The number of ether oxygens (including phenoxy) is 1. The Hall–Kier alpha value is -0.830. The van der Waals surface area contributed by atoms with E-state index < -0.39 is 0 Å². The van der Waals surface area contributed by atoms with Crippen molar-refractivity contribution in [1.82, 2.24) is 4.90 Å². The van der Waals surface area contributed by atoms with Crippen LogP contribution in [0.15, 0.2) is 12.7 Å². The first-order valence-corrected chi connectivity index (χ1v) is 5.48. The summed E-state index contributed by atoms with van der Waals surface area (Å²) in [6.45, 7) is 12.1. The van der Waals surface area contributed by atoms with Gasteiger partial charge < -0.3 is 9.64 Å². The van der Waals surface area contributed by atoms with E-state index in [-0.39, 0.29) is 17.4 Å². The van der Waals surface area contributed by atoms with Crippen molar-refractivity contribution in [1.29, 1.82) is 0 Å². The van der Waals surface area contributed by atoms with Crippen LogP contribution in [0.2, 0.25) is 0 Å². The van der Waals surface area contributed by atoms with Gasteiger partial charge >= 0.3 is 0 Å². The van der Waals surface area contributed by atoms with E-state index in [1.54, 1.807) is 4.90 Å². The van der Waals surface area contributed by atoms with Crippen molar-refractivity contribution in [3.05, 3.63) is 12.7 Å². The van der Waals surface area contributed by atoms with Gasteiger partial charge in [0.15, 0.2) is 0 Å². The number of amides is 1. The fourth-order valence-corrected chi connectivity index (χ4v) is 1.81. The molecule has 0 aromatic carbocycles. The quantitative estimate of drug-likeness (QED) is 0.619. The van der Waals surface area contributed by atoms with Crippen LogP contribution in [0, 0.1) is 5.41 Å². The van der Waals surface area contributed by atoms with Crippen LogP contribution in [-0.2, 0) is 9.53 Å². The molecule has 1 heterocycles. The molecule has 1 aliphatic heterocycles. The van der Waals surface area contributed by atoms with Gasteiger partial charge in [-0.3, -0.25) is 4.79 Å². The van der Waals surface area contributed by atoms with E-state index in [9.17, 15) is 4.79 Å². The van der Waals surface area contributed by atoms with Crippen molar-refractivity contribution in [3.63, 3.8) is 0 Å². The molecule has 15 heavy (non-hydrogen) atoms. The fourth-order valence-electron chi connectivity index (χ4n) is 1.81. The van der Waals surface area contributed by atoms with E-state index in [1.165, 1.54) is 6.08 Å². The highest BCUT2D eigenvalue weighted by atomic mass is 16.5. The summed E-state index contributed by atoms with van der Waals surface area (Å²) < 4.78 is 5.76. The standard InChI is InChI=1S/C12H21NO2/c1-5-11(14)13-7-6-10(12(2,3)4)15-9-8-13/h5,10H,1,6-9H2,2-4H3. The molecule has 3 nitrogen and oxygen atoms in total. The molecule has 3 heteroatoms. The summed E-state index contributed by atoms with van der Waals surface area (Å²) in [7, 11) is 0. The predicted molar refractivity (Wildman–Crippen MR) is 60.6 cm³/mol. The molecule has 0 bridgehead atoms. The highest BCUT2D eigenvalue weighted by Gasteiger charge is 2.28. The second kappa shape index (κ2) is 4.79. The first-order valence-electron chi connectivity index (χ1n) is 5.48. The molecule has 0 aromatic heterocycles. The summed E-state index contributed by atoms with van der Waals surface area (Å²) in [6.07, 6.45) is 2.51. The molecule has 0 radical (unpaired) electrons. The van der Waals surface area contributed by atoms with Gasteiger partial charge in [0.05, 0.1) is 12.7 Å². The zero-order chi connectivity index (χ0) is 11.5. The molecule has 0 aromatic rings. The summed E-state index contributed by atoms with van der Waals surface area (Å²) in [6, 6.07) is 0. The maximum atomic E-state index is 11.4. The summed E-state index contributed by atoms with van der Waals surface area (Å²) in [5.41, 5.74) is 0.146. The lowest BCUT2D eigenvalue weighted by molar-refractivity contribution is -0.126. The average Bonchev–Trinajstić information content (AvgIpc) is 2.40. The van der Waals surface area contributed by atoms with Gasteiger partial charge in [0.1, 0.15) is 0 Å². The zero-order valence-electron chi connectivity index (χ0n) is 9.95. The van der Waals surface area contributed by atoms with E-state index in [2.05, 4.69) is 27.4 Å². The Labute approximate surface area is 92.1 Å². The summed E-state index contributed by atoms with van der Waals surface area (Å²) in [4.78, 5) is 13.2. The van der Waals surface area contributed by atoms with E-state index in [1.807, 2.05) is 0 Å². The van der Waals surface area contributed by atoms with Crippen LogP contribution in [0.4, 0.5) is 0 Å². The van der Waals surface area contributed by atoms with Crippen LogP contribution in [0.25, 0.3) is 0 Å². The predicted octanol–water partition coefficient (Wildman–Crippen LogP) is 1.84. The van der Waals surface area contributed by atoms with Gasteiger partial charge in [-0.2, -0.15) is 0 Å². The lowest BCUT2D eigenvalue weighted by Gasteiger charge is -2.29. The Balaban J connectivity index is 2.56. The number of hydrogen-bond donors (Lipinski definition) is 0. The molecular formula is C12H21NO2. The molecule has 0 N–H and O–H groups in total. The highest BCUT2D eigenvalue weighted by molar-refractivity contribution is 5.86. The third-order valence-corrected chi connectivity index (χ3v) is 2.79. The van der Waals surface area contributed by atoms with Gasteiger partial charge in [0.25, 0.3) is 0 Å². The number of carbonyl (C=O) groups excluding carboxylic acids is 1. The normalized spacial score (nSPS) is 23.4. The van der Waals surface area contributed by atoms with Gasteiger partial charge in [0, 0.05) is 13.1 Å². The van der Waals surface area contributed by atoms with Crippen molar-refractivity contribution >= 4 is 5.91 Å². The molecule has 1 saturated heterocycles. The molecule has 1 amide bonds. The molecule has 0 saturated carbocycles. The van der Waals surface area contributed by atoms with Gasteiger partial charge in [0.2, 0.25) is 5.91 Å². The first-order chi connectivity index (χ1) is 6.95. The zero-order valence-corrected chi connectivity index (χ0v) is 9.95. The Bertz CT molecular complexity index is 242. The molecule has 1 aliphatic rings. The number of nitrogens with zero attached hydrogens (tertiary/aromatic N) is 1. The Morgan fingerprint density at radius 2 is 2.13 bits per heavy atom. The molecule has 1 atom stereocenters. The van der Waals surface area contributed by atoms with Gasteiger partial charge in [-0.05, 0) is 17.9 Å². The Morgan fingerprint density at radius 3 is 2.67 bits per heavy atom. The van der Waals surface area contributed by atoms with Crippen molar-refractivity contribution in [2.45, 2.75) is 33.3 Å². The largest absolute Gasteiger partial charge is 0.376 e. The van der Waals surface area contributed by atoms with E-state index >= 15 is 0 Å². The molecular weight excluding hydrogens is 190 g/mol. The maximum Gasteiger partial charge on any atom is 0.246 e. The second-order valence-corrected chi connectivity index (χ2v) is 5.04. The van der Waals surface area contributed by atoms with Crippen molar-refractivity contribution in [3.8, 4) is 0 Å². The molecule has 86 valence electrons. The van der Waals surface area contributed by atoms with Crippen LogP contribution in [0.1, 0.15) is 27.2 Å². The number of hydrogen-bond acceptors (Lipinski definition) is 2. The fraction of sp³-hybridized carbons (Fsp3) is 0.750. The van der Waals surface area contributed by atoms with Gasteiger partial charge in [-0.1, -0.05) is 27.4 Å². The van der Waals surface area contributed by atoms with E-state index in [0.717, 1.165) is 13.0 Å². The van der Waals surface area contributed by atoms with E-state index in [4.69, 9.17) is 4.74 Å². The second-order valence-electron chi connectivity index (χ2n) is 5.04. The maximum absolute atomic E-state index is 11.4. The van der Waals surface area contributed by atoms with Gasteiger partial charge in [-0.25, -0.2) is 0 Å². The van der Waals surface area contributed by atoms with E-state index in [0.29, 0.717) is 13.2 Å². The highest BCUT2D eigenvalue weighted by Crippen LogP contribution is 2.26. The minimum atomic E-state index is 0.00755. The molecule has 1 unspecified atom stereocenters. The summed E-state index contributed by atoms with van der Waals surface area (Å²) in [5.74, 6) is 0.00755. The van der Waals surface area contributed by atoms with Crippen LogP contribution < -0.4 is 0 Å². The minimum Gasteiger partial charge on any atom is -0.376 e. The Morgan fingerprint density at radius 1 is 1.47 bits per heavy atom. The number of rotatable bonds is 1.